The van der Waals surface area contributed by atoms with E-state index >= 15 is 0 Å². The van der Waals surface area contributed by atoms with Crippen LogP contribution in [0.1, 0.15) is 31.4 Å². The number of amides is 1. The van der Waals surface area contributed by atoms with E-state index in [0.717, 1.165) is 23.5 Å². The largest absolute Gasteiger partial charge is 0.494 e. The first-order valence-corrected chi connectivity index (χ1v) is 8.58. The SMILES string of the molecule is CCOc1ccc(NC(=O)C(C)Nc2ccc3c(c2)CCC3)cc1. The molecule has 2 aromatic carbocycles. The summed E-state index contributed by atoms with van der Waals surface area (Å²) in [6, 6.07) is 13.5. The van der Waals surface area contributed by atoms with Gasteiger partial charge in [-0.3, -0.25) is 4.79 Å². The Hall–Kier alpha value is -2.49. The normalized spacial score (nSPS) is 13.9. The van der Waals surface area contributed by atoms with Crippen LogP contribution in [0.15, 0.2) is 42.5 Å². The van der Waals surface area contributed by atoms with E-state index in [-0.39, 0.29) is 11.9 Å². The molecule has 126 valence electrons. The van der Waals surface area contributed by atoms with Gasteiger partial charge in [-0.25, -0.2) is 0 Å². The van der Waals surface area contributed by atoms with E-state index in [1.807, 2.05) is 38.1 Å². The number of hydrogen-bond donors (Lipinski definition) is 2. The number of carbonyl (C=O) groups is 1. The molecule has 2 N–H and O–H groups in total. The minimum Gasteiger partial charge on any atom is -0.494 e. The molecular weight excluding hydrogens is 300 g/mol. The van der Waals surface area contributed by atoms with Gasteiger partial charge >= 0.3 is 0 Å². The average molecular weight is 324 g/mol. The molecule has 1 amide bonds. The van der Waals surface area contributed by atoms with E-state index in [2.05, 4.69) is 28.8 Å². The third kappa shape index (κ3) is 3.88. The fourth-order valence-corrected chi connectivity index (χ4v) is 3.03. The summed E-state index contributed by atoms with van der Waals surface area (Å²) in [7, 11) is 0. The van der Waals surface area contributed by atoms with Crippen molar-refractivity contribution in [3.63, 3.8) is 0 Å². The molecule has 0 spiro atoms. The molecular formula is C20H24N2O2. The summed E-state index contributed by atoms with van der Waals surface area (Å²) >= 11 is 0. The highest BCUT2D eigenvalue weighted by atomic mass is 16.5. The fourth-order valence-electron chi connectivity index (χ4n) is 3.03. The van der Waals surface area contributed by atoms with Gasteiger partial charge in [0.25, 0.3) is 0 Å². The Kier molecular flexibility index (Phi) is 5.04. The monoisotopic (exact) mass is 324 g/mol. The molecule has 1 unspecified atom stereocenters. The zero-order valence-corrected chi connectivity index (χ0v) is 14.3. The number of carbonyl (C=O) groups excluding carboxylic acids is 1. The van der Waals surface area contributed by atoms with Crippen LogP contribution in [-0.4, -0.2) is 18.6 Å². The smallest absolute Gasteiger partial charge is 0.246 e. The number of anilines is 2. The molecule has 0 fully saturated rings. The first-order chi connectivity index (χ1) is 11.7. The van der Waals surface area contributed by atoms with Crippen LogP contribution in [0.2, 0.25) is 0 Å². The second-order valence-corrected chi connectivity index (χ2v) is 6.15. The predicted molar refractivity (Wildman–Crippen MR) is 97.8 cm³/mol. The number of ether oxygens (including phenoxy) is 1. The lowest BCUT2D eigenvalue weighted by Gasteiger charge is -2.16. The van der Waals surface area contributed by atoms with Gasteiger partial charge in [0.05, 0.1) is 6.61 Å². The van der Waals surface area contributed by atoms with Gasteiger partial charge in [0, 0.05) is 11.4 Å². The highest BCUT2D eigenvalue weighted by Crippen LogP contribution is 2.25. The van der Waals surface area contributed by atoms with Crippen molar-refractivity contribution >= 4 is 17.3 Å². The molecule has 1 atom stereocenters. The number of hydrogen-bond acceptors (Lipinski definition) is 3. The molecule has 1 aliphatic carbocycles. The minimum atomic E-state index is -0.309. The Bertz CT molecular complexity index is 710. The Balaban J connectivity index is 1.58. The van der Waals surface area contributed by atoms with E-state index in [0.29, 0.717) is 6.61 Å². The number of benzene rings is 2. The van der Waals surface area contributed by atoms with Gasteiger partial charge in [0.15, 0.2) is 0 Å². The van der Waals surface area contributed by atoms with Crippen molar-refractivity contribution in [2.75, 3.05) is 17.2 Å². The summed E-state index contributed by atoms with van der Waals surface area (Å²) in [6.45, 7) is 4.45. The molecule has 0 saturated carbocycles. The highest BCUT2D eigenvalue weighted by Gasteiger charge is 2.15. The summed E-state index contributed by atoms with van der Waals surface area (Å²) in [6.07, 6.45) is 3.54. The third-order valence-corrected chi connectivity index (χ3v) is 4.31. The van der Waals surface area contributed by atoms with E-state index in [1.54, 1.807) is 0 Å². The zero-order valence-electron chi connectivity index (χ0n) is 14.3. The fraction of sp³-hybridized carbons (Fsp3) is 0.350. The van der Waals surface area contributed by atoms with Gasteiger partial charge in [0.2, 0.25) is 5.91 Å². The van der Waals surface area contributed by atoms with Crippen LogP contribution in [0, 0.1) is 0 Å². The van der Waals surface area contributed by atoms with E-state index in [9.17, 15) is 4.79 Å². The Morgan fingerprint density at radius 1 is 1.08 bits per heavy atom. The number of nitrogens with one attached hydrogen (secondary N) is 2. The first kappa shape index (κ1) is 16.4. The molecule has 3 rings (SSSR count). The third-order valence-electron chi connectivity index (χ3n) is 4.31. The number of fused-ring (bicyclic) bond motifs is 1. The van der Waals surface area contributed by atoms with Crippen molar-refractivity contribution in [3.8, 4) is 5.75 Å². The Morgan fingerprint density at radius 2 is 1.79 bits per heavy atom. The van der Waals surface area contributed by atoms with Gasteiger partial charge < -0.3 is 15.4 Å². The molecule has 1 aliphatic rings. The van der Waals surface area contributed by atoms with E-state index < -0.39 is 0 Å². The van der Waals surface area contributed by atoms with Crippen molar-refractivity contribution < 1.29 is 9.53 Å². The van der Waals surface area contributed by atoms with Crippen molar-refractivity contribution in [1.82, 2.24) is 0 Å². The van der Waals surface area contributed by atoms with Crippen LogP contribution in [0.4, 0.5) is 11.4 Å². The van der Waals surface area contributed by atoms with Crippen LogP contribution in [0.25, 0.3) is 0 Å². The molecule has 2 aromatic rings. The van der Waals surface area contributed by atoms with Gasteiger partial charge in [-0.05, 0) is 80.6 Å². The second-order valence-electron chi connectivity index (χ2n) is 6.15. The van der Waals surface area contributed by atoms with Gasteiger partial charge in [-0.2, -0.15) is 0 Å². The van der Waals surface area contributed by atoms with Crippen molar-refractivity contribution in [3.05, 3.63) is 53.6 Å². The molecule has 0 heterocycles. The second kappa shape index (κ2) is 7.39. The standard InChI is InChI=1S/C20H24N2O2/c1-3-24-19-11-9-17(10-12-19)22-20(23)14(2)21-18-8-7-15-5-4-6-16(15)13-18/h7-14,21H,3-6H2,1-2H3,(H,22,23). The predicted octanol–water partition coefficient (Wildman–Crippen LogP) is 4.01. The summed E-state index contributed by atoms with van der Waals surface area (Å²) in [5.74, 6) is 0.750. The van der Waals surface area contributed by atoms with Gasteiger partial charge in [-0.1, -0.05) is 6.07 Å². The molecule has 0 bridgehead atoms. The summed E-state index contributed by atoms with van der Waals surface area (Å²) < 4.78 is 5.40. The van der Waals surface area contributed by atoms with Gasteiger partial charge in [0.1, 0.15) is 11.8 Å². The van der Waals surface area contributed by atoms with Crippen LogP contribution in [0.5, 0.6) is 5.75 Å². The lowest BCUT2D eigenvalue weighted by atomic mass is 10.1. The lowest BCUT2D eigenvalue weighted by Crippen LogP contribution is -2.31. The lowest BCUT2D eigenvalue weighted by molar-refractivity contribution is -0.116. The van der Waals surface area contributed by atoms with Crippen LogP contribution >= 0.6 is 0 Å². The molecule has 4 nitrogen and oxygen atoms in total. The summed E-state index contributed by atoms with van der Waals surface area (Å²) in [5.41, 5.74) is 4.61. The summed E-state index contributed by atoms with van der Waals surface area (Å²) in [4.78, 5) is 12.4. The van der Waals surface area contributed by atoms with Crippen molar-refractivity contribution in [2.24, 2.45) is 0 Å². The maximum atomic E-state index is 12.4. The number of aryl methyl sites for hydroxylation is 2. The Labute approximate surface area is 143 Å². The van der Waals surface area contributed by atoms with Crippen LogP contribution in [0.3, 0.4) is 0 Å². The Morgan fingerprint density at radius 3 is 2.54 bits per heavy atom. The van der Waals surface area contributed by atoms with Crippen molar-refractivity contribution in [2.45, 2.75) is 39.2 Å². The van der Waals surface area contributed by atoms with Crippen molar-refractivity contribution in [1.29, 1.82) is 0 Å². The average Bonchev–Trinajstić information content (AvgIpc) is 3.04. The van der Waals surface area contributed by atoms with E-state index in [4.69, 9.17) is 4.74 Å². The first-order valence-electron chi connectivity index (χ1n) is 8.58. The molecule has 0 aromatic heterocycles. The molecule has 0 saturated heterocycles. The van der Waals surface area contributed by atoms with Gasteiger partial charge in [-0.15, -0.1) is 0 Å². The zero-order chi connectivity index (χ0) is 16.9. The maximum Gasteiger partial charge on any atom is 0.246 e. The molecule has 4 heteroatoms. The van der Waals surface area contributed by atoms with Crippen LogP contribution < -0.4 is 15.4 Å². The van der Waals surface area contributed by atoms with Crippen LogP contribution in [-0.2, 0) is 17.6 Å². The topological polar surface area (TPSA) is 50.4 Å². The molecule has 24 heavy (non-hydrogen) atoms. The number of rotatable bonds is 6. The molecule has 0 aliphatic heterocycles. The highest BCUT2D eigenvalue weighted by molar-refractivity contribution is 5.96. The quantitative estimate of drug-likeness (QED) is 0.844. The maximum absolute atomic E-state index is 12.4. The summed E-state index contributed by atoms with van der Waals surface area (Å²) in [5, 5.41) is 6.21. The molecule has 0 radical (unpaired) electrons. The van der Waals surface area contributed by atoms with E-state index in [1.165, 1.54) is 24.0 Å². The minimum absolute atomic E-state index is 0.0559.